The normalized spacial score (nSPS) is 10.1. The van der Waals surface area contributed by atoms with Crippen LogP contribution in [0.3, 0.4) is 0 Å². The van der Waals surface area contributed by atoms with Crippen molar-refractivity contribution in [2.24, 2.45) is 0 Å². The van der Waals surface area contributed by atoms with Crippen LogP contribution >= 0.6 is 0 Å². The van der Waals surface area contributed by atoms with Crippen molar-refractivity contribution >= 4 is 17.5 Å². The molecule has 0 amide bonds. The Morgan fingerprint density at radius 2 is 2.20 bits per heavy atom. The average Bonchev–Trinajstić information content (AvgIpc) is 2.46. The van der Waals surface area contributed by atoms with Gasteiger partial charge in [0.1, 0.15) is 5.82 Å². The zero-order chi connectivity index (χ0) is 14.4. The maximum Gasteiger partial charge on any atom is 0.231 e. The summed E-state index contributed by atoms with van der Waals surface area (Å²) in [7, 11) is 0. The number of nitrogens with zero attached hydrogens (tertiary/aromatic N) is 3. The van der Waals surface area contributed by atoms with Crippen molar-refractivity contribution in [1.29, 1.82) is 0 Å². The molecule has 0 atom stereocenters. The van der Waals surface area contributed by atoms with Gasteiger partial charge in [-0.2, -0.15) is 4.98 Å². The molecule has 1 N–H and O–H groups in total. The summed E-state index contributed by atoms with van der Waals surface area (Å²) in [4.78, 5) is 11.0. The van der Waals surface area contributed by atoms with Crippen molar-refractivity contribution in [3.05, 3.63) is 54.7 Å². The summed E-state index contributed by atoms with van der Waals surface area (Å²) in [6, 6.07) is 10.2. The van der Waals surface area contributed by atoms with E-state index in [0.717, 1.165) is 18.1 Å². The number of benzene rings is 1. The summed E-state index contributed by atoms with van der Waals surface area (Å²) in [5.74, 6) is 1.51. The molecule has 0 spiro atoms. The molecule has 1 heterocycles. The highest BCUT2D eigenvalue weighted by molar-refractivity contribution is 5.59. The lowest BCUT2D eigenvalue weighted by atomic mass is 10.2. The Morgan fingerprint density at radius 1 is 1.35 bits per heavy atom. The fourth-order valence-corrected chi connectivity index (χ4v) is 1.99. The summed E-state index contributed by atoms with van der Waals surface area (Å²) >= 11 is 0. The van der Waals surface area contributed by atoms with Crippen LogP contribution in [0, 0.1) is 6.92 Å². The average molecular weight is 268 g/mol. The van der Waals surface area contributed by atoms with Crippen LogP contribution in [-0.2, 0) is 0 Å². The fourth-order valence-electron chi connectivity index (χ4n) is 1.99. The second-order valence-corrected chi connectivity index (χ2v) is 4.49. The van der Waals surface area contributed by atoms with Gasteiger partial charge in [-0.1, -0.05) is 18.2 Å². The summed E-state index contributed by atoms with van der Waals surface area (Å²) < 4.78 is 0. The van der Waals surface area contributed by atoms with Gasteiger partial charge in [-0.25, -0.2) is 4.98 Å². The second kappa shape index (κ2) is 6.70. The molecule has 0 bridgehead atoms. The van der Waals surface area contributed by atoms with Crippen LogP contribution < -0.4 is 10.2 Å². The van der Waals surface area contributed by atoms with E-state index in [1.165, 1.54) is 5.56 Å². The largest absolute Gasteiger partial charge is 0.366 e. The Labute approximate surface area is 120 Å². The molecule has 0 aliphatic rings. The van der Waals surface area contributed by atoms with Crippen molar-refractivity contribution < 1.29 is 0 Å². The van der Waals surface area contributed by atoms with E-state index in [1.54, 1.807) is 12.3 Å². The van der Waals surface area contributed by atoms with Crippen molar-refractivity contribution in [3.63, 3.8) is 0 Å². The second-order valence-electron chi connectivity index (χ2n) is 4.49. The first-order valence-corrected chi connectivity index (χ1v) is 6.76. The Morgan fingerprint density at radius 3 is 2.90 bits per heavy atom. The topological polar surface area (TPSA) is 41.1 Å². The monoisotopic (exact) mass is 268 g/mol. The third-order valence-electron chi connectivity index (χ3n) is 2.94. The number of hydrogen-bond acceptors (Lipinski definition) is 4. The summed E-state index contributed by atoms with van der Waals surface area (Å²) in [5.41, 5.74) is 2.33. The predicted octanol–water partition coefficient (Wildman–Crippen LogP) is 3.54. The van der Waals surface area contributed by atoms with Gasteiger partial charge in [-0.15, -0.1) is 6.58 Å². The molecule has 2 aromatic rings. The lowest BCUT2D eigenvalue weighted by molar-refractivity contribution is 0.945. The van der Waals surface area contributed by atoms with E-state index in [0.29, 0.717) is 12.5 Å². The number of rotatable bonds is 6. The number of aromatic nitrogens is 2. The quantitative estimate of drug-likeness (QED) is 0.814. The van der Waals surface area contributed by atoms with E-state index in [9.17, 15) is 0 Å². The maximum atomic E-state index is 4.54. The van der Waals surface area contributed by atoms with Crippen molar-refractivity contribution in [1.82, 2.24) is 9.97 Å². The van der Waals surface area contributed by atoms with E-state index in [1.807, 2.05) is 12.1 Å². The molecule has 4 heteroatoms. The molecule has 0 saturated heterocycles. The first kappa shape index (κ1) is 14.1. The molecule has 0 aliphatic carbocycles. The number of aryl methyl sites for hydroxylation is 1. The molecule has 4 nitrogen and oxygen atoms in total. The highest BCUT2D eigenvalue weighted by Gasteiger charge is 2.10. The molecule has 1 aromatic carbocycles. The van der Waals surface area contributed by atoms with Crippen LogP contribution in [0.5, 0.6) is 0 Å². The lowest BCUT2D eigenvalue weighted by Gasteiger charge is -2.21. The van der Waals surface area contributed by atoms with Crippen molar-refractivity contribution in [2.45, 2.75) is 13.8 Å². The minimum absolute atomic E-state index is 0.688. The van der Waals surface area contributed by atoms with E-state index < -0.39 is 0 Å². The van der Waals surface area contributed by atoms with Crippen molar-refractivity contribution in [3.8, 4) is 0 Å². The summed E-state index contributed by atoms with van der Waals surface area (Å²) in [5, 5.41) is 3.18. The number of nitrogens with one attached hydrogen (secondary N) is 1. The van der Waals surface area contributed by atoms with Crippen LogP contribution in [0.2, 0.25) is 0 Å². The molecule has 20 heavy (non-hydrogen) atoms. The van der Waals surface area contributed by atoms with Crippen LogP contribution in [0.4, 0.5) is 17.5 Å². The Hall–Kier alpha value is -2.36. The highest BCUT2D eigenvalue weighted by atomic mass is 15.3. The van der Waals surface area contributed by atoms with Gasteiger partial charge in [0, 0.05) is 25.0 Å². The van der Waals surface area contributed by atoms with Gasteiger partial charge < -0.3 is 10.2 Å². The Balaban J connectivity index is 2.29. The minimum Gasteiger partial charge on any atom is -0.366 e. The van der Waals surface area contributed by atoms with E-state index in [-0.39, 0.29) is 0 Å². The third-order valence-corrected chi connectivity index (χ3v) is 2.94. The standard InChI is InChI=1S/C16H20N4/c1-4-10-17-15-9-11-18-16(19-15)20(5-2)14-8-6-7-13(3)12-14/h4,6-9,11-12H,1,5,10H2,2-3H3,(H,17,18,19). The van der Waals surface area contributed by atoms with E-state index in [4.69, 9.17) is 0 Å². The molecule has 0 unspecified atom stereocenters. The van der Waals surface area contributed by atoms with Crippen LogP contribution in [0.15, 0.2) is 49.2 Å². The minimum atomic E-state index is 0.688. The summed E-state index contributed by atoms with van der Waals surface area (Å²) in [6.07, 6.45) is 3.58. The zero-order valence-electron chi connectivity index (χ0n) is 12.0. The van der Waals surface area contributed by atoms with Gasteiger partial charge in [-0.05, 0) is 37.6 Å². The number of anilines is 3. The third kappa shape index (κ3) is 3.35. The SMILES string of the molecule is C=CCNc1ccnc(N(CC)c2cccc(C)c2)n1. The molecule has 0 radical (unpaired) electrons. The maximum absolute atomic E-state index is 4.54. The molecule has 1 aromatic heterocycles. The molecule has 0 aliphatic heterocycles. The first-order chi connectivity index (χ1) is 9.74. The van der Waals surface area contributed by atoms with Crippen LogP contribution in [0.25, 0.3) is 0 Å². The molecular formula is C16H20N4. The number of hydrogen-bond donors (Lipinski definition) is 1. The van der Waals surface area contributed by atoms with E-state index >= 15 is 0 Å². The van der Waals surface area contributed by atoms with Crippen LogP contribution in [-0.4, -0.2) is 23.1 Å². The van der Waals surface area contributed by atoms with Gasteiger partial charge >= 0.3 is 0 Å². The summed E-state index contributed by atoms with van der Waals surface area (Å²) in [6.45, 7) is 9.37. The van der Waals surface area contributed by atoms with Gasteiger partial charge in [0.15, 0.2) is 0 Å². The lowest BCUT2D eigenvalue weighted by Crippen LogP contribution is -2.19. The molecule has 0 fully saturated rings. The molecule has 0 saturated carbocycles. The molecule has 104 valence electrons. The van der Waals surface area contributed by atoms with Gasteiger partial charge in [0.2, 0.25) is 5.95 Å². The van der Waals surface area contributed by atoms with Crippen molar-refractivity contribution in [2.75, 3.05) is 23.3 Å². The van der Waals surface area contributed by atoms with Gasteiger partial charge in [0.05, 0.1) is 0 Å². The van der Waals surface area contributed by atoms with E-state index in [2.05, 4.69) is 58.8 Å². The Bertz CT molecular complexity index is 580. The van der Waals surface area contributed by atoms with Crippen LogP contribution in [0.1, 0.15) is 12.5 Å². The van der Waals surface area contributed by atoms with Gasteiger partial charge in [0.25, 0.3) is 0 Å². The highest BCUT2D eigenvalue weighted by Crippen LogP contribution is 2.23. The zero-order valence-corrected chi connectivity index (χ0v) is 12.0. The Kier molecular flexibility index (Phi) is 4.71. The predicted molar refractivity (Wildman–Crippen MR) is 84.6 cm³/mol. The first-order valence-electron chi connectivity index (χ1n) is 6.76. The van der Waals surface area contributed by atoms with Gasteiger partial charge in [-0.3, -0.25) is 0 Å². The molecular weight excluding hydrogens is 248 g/mol. The molecule has 2 rings (SSSR count). The fraction of sp³-hybridized carbons (Fsp3) is 0.250. The smallest absolute Gasteiger partial charge is 0.231 e.